The van der Waals surface area contributed by atoms with Crippen LogP contribution in [0.15, 0.2) is 30.5 Å². The fraction of sp³-hybridized carbons (Fsp3) is 0.154. The van der Waals surface area contributed by atoms with Crippen LogP contribution in [0.25, 0.3) is 5.69 Å². The molecule has 0 N–H and O–H groups in total. The summed E-state index contributed by atoms with van der Waals surface area (Å²) >= 11 is 0. The van der Waals surface area contributed by atoms with Crippen LogP contribution < -0.4 is 0 Å². The van der Waals surface area contributed by atoms with Gasteiger partial charge < -0.3 is 4.74 Å². The van der Waals surface area contributed by atoms with E-state index in [0.29, 0.717) is 6.29 Å². The molecule has 0 aliphatic heterocycles. The van der Waals surface area contributed by atoms with E-state index in [9.17, 15) is 9.59 Å². The summed E-state index contributed by atoms with van der Waals surface area (Å²) < 4.78 is 6.09. The lowest BCUT2D eigenvalue weighted by Crippen LogP contribution is -2.06. The molecule has 2 rings (SSSR count). The zero-order valence-electron chi connectivity index (χ0n) is 10.1. The van der Waals surface area contributed by atoms with Crippen LogP contribution in [-0.4, -0.2) is 29.1 Å². The molecule has 92 valence electrons. The average Bonchev–Trinajstić information content (AvgIpc) is 2.82. The number of hydrogen-bond donors (Lipinski definition) is 0. The van der Waals surface area contributed by atoms with Gasteiger partial charge in [0.25, 0.3) is 0 Å². The summed E-state index contributed by atoms with van der Waals surface area (Å²) in [4.78, 5) is 22.4. The Balaban J connectivity index is 2.54. The molecule has 0 aliphatic rings. The maximum absolute atomic E-state index is 11.5. The number of ether oxygens (including phenoxy) is 1. The summed E-state index contributed by atoms with van der Waals surface area (Å²) in [5.41, 5.74) is 2.05. The highest BCUT2D eigenvalue weighted by molar-refractivity contribution is 5.96. The molecule has 0 aliphatic carbocycles. The van der Waals surface area contributed by atoms with Crippen molar-refractivity contribution in [3.63, 3.8) is 0 Å². The van der Waals surface area contributed by atoms with Gasteiger partial charge >= 0.3 is 5.97 Å². The number of aldehydes is 1. The number of methoxy groups -OCH3 is 1. The van der Waals surface area contributed by atoms with Crippen LogP contribution in [0.4, 0.5) is 0 Å². The van der Waals surface area contributed by atoms with Gasteiger partial charge in [-0.3, -0.25) is 4.79 Å². The molecular weight excluding hydrogens is 232 g/mol. The number of carbonyl (C=O) groups excluding carboxylic acids is 2. The van der Waals surface area contributed by atoms with Crippen molar-refractivity contribution in [2.75, 3.05) is 7.11 Å². The molecule has 0 saturated carbocycles. The van der Waals surface area contributed by atoms with Crippen molar-refractivity contribution in [1.29, 1.82) is 0 Å². The number of aromatic nitrogens is 2. The lowest BCUT2D eigenvalue weighted by molar-refractivity contribution is 0.0591. The standard InChI is InChI=1S/C13H12N2O3/c1-9-5-3-4-6-11(9)15-7-10(8-16)12(14-15)13(17)18-2/h3-8H,1-2H3. The summed E-state index contributed by atoms with van der Waals surface area (Å²) in [5, 5.41) is 4.09. The molecule has 1 heterocycles. The van der Waals surface area contributed by atoms with E-state index in [1.807, 2.05) is 31.2 Å². The number of rotatable bonds is 3. The van der Waals surface area contributed by atoms with E-state index in [4.69, 9.17) is 0 Å². The number of carbonyl (C=O) groups is 2. The third-order valence-corrected chi connectivity index (χ3v) is 2.61. The van der Waals surface area contributed by atoms with E-state index in [-0.39, 0.29) is 11.3 Å². The van der Waals surface area contributed by atoms with Gasteiger partial charge in [0.05, 0.1) is 18.4 Å². The molecule has 0 spiro atoms. The van der Waals surface area contributed by atoms with Crippen LogP contribution in [0.3, 0.4) is 0 Å². The number of nitrogens with zero attached hydrogens (tertiary/aromatic N) is 2. The second kappa shape index (κ2) is 4.83. The molecule has 1 aromatic heterocycles. The van der Waals surface area contributed by atoms with Gasteiger partial charge in [-0.15, -0.1) is 0 Å². The Labute approximate surface area is 104 Å². The van der Waals surface area contributed by atoms with Crippen LogP contribution in [0.2, 0.25) is 0 Å². The first-order valence-corrected chi connectivity index (χ1v) is 5.36. The Morgan fingerprint density at radius 2 is 2.11 bits per heavy atom. The zero-order valence-corrected chi connectivity index (χ0v) is 10.1. The van der Waals surface area contributed by atoms with Gasteiger partial charge in [0.15, 0.2) is 12.0 Å². The fourth-order valence-corrected chi connectivity index (χ4v) is 1.67. The first kappa shape index (κ1) is 12.0. The summed E-state index contributed by atoms with van der Waals surface area (Å²) in [6.45, 7) is 1.93. The minimum absolute atomic E-state index is 0.0238. The lowest BCUT2D eigenvalue weighted by Gasteiger charge is -2.04. The van der Waals surface area contributed by atoms with E-state index in [1.54, 1.807) is 0 Å². The van der Waals surface area contributed by atoms with Gasteiger partial charge in [0.2, 0.25) is 0 Å². The molecule has 0 unspecified atom stereocenters. The normalized spacial score (nSPS) is 10.1. The number of hydrogen-bond acceptors (Lipinski definition) is 4. The second-order valence-corrected chi connectivity index (χ2v) is 3.77. The van der Waals surface area contributed by atoms with Crippen molar-refractivity contribution in [3.05, 3.63) is 47.3 Å². The Kier molecular flexibility index (Phi) is 3.23. The summed E-state index contributed by atoms with van der Waals surface area (Å²) in [7, 11) is 1.25. The molecule has 18 heavy (non-hydrogen) atoms. The minimum Gasteiger partial charge on any atom is -0.464 e. The first-order valence-electron chi connectivity index (χ1n) is 5.36. The van der Waals surface area contributed by atoms with E-state index in [2.05, 4.69) is 9.84 Å². The topological polar surface area (TPSA) is 61.2 Å². The molecule has 0 fully saturated rings. The Morgan fingerprint density at radius 1 is 1.39 bits per heavy atom. The lowest BCUT2D eigenvalue weighted by atomic mass is 10.2. The summed E-state index contributed by atoms with van der Waals surface area (Å²) in [6, 6.07) is 7.56. The van der Waals surface area contributed by atoms with E-state index in [0.717, 1.165) is 11.3 Å². The van der Waals surface area contributed by atoms with Crippen molar-refractivity contribution < 1.29 is 14.3 Å². The minimum atomic E-state index is -0.621. The monoisotopic (exact) mass is 244 g/mol. The molecule has 0 bridgehead atoms. The maximum atomic E-state index is 11.5. The average molecular weight is 244 g/mol. The zero-order chi connectivity index (χ0) is 13.1. The Bertz CT molecular complexity index is 602. The van der Waals surface area contributed by atoms with E-state index >= 15 is 0 Å². The SMILES string of the molecule is COC(=O)c1nn(-c2ccccc2C)cc1C=O. The fourth-order valence-electron chi connectivity index (χ4n) is 1.67. The third-order valence-electron chi connectivity index (χ3n) is 2.61. The first-order chi connectivity index (χ1) is 8.67. The van der Waals surface area contributed by atoms with Crippen LogP contribution >= 0.6 is 0 Å². The largest absolute Gasteiger partial charge is 0.464 e. The van der Waals surface area contributed by atoms with Crippen molar-refractivity contribution >= 4 is 12.3 Å². The predicted octanol–water partition coefficient (Wildman–Crippen LogP) is 1.78. The van der Waals surface area contributed by atoms with Gasteiger partial charge in [0.1, 0.15) is 0 Å². The molecule has 5 nitrogen and oxygen atoms in total. The number of benzene rings is 1. The maximum Gasteiger partial charge on any atom is 0.359 e. The molecule has 0 amide bonds. The second-order valence-electron chi connectivity index (χ2n) is 3.77. The molecule has 0 atom stereocenters. The van der Waals surface area contributed by atoms with Gasteiger partial charge in [-0.2, -0.15) is 5.10 Å². The molecule has 0 saturated heterocycles. The quantitative estimate of drug-likeness (QED) is 0.610. The van der Waals surface area contributed by atoms with Gasteiger partial charge in [-0.05, 0) is 18.6 Å². The predicted molar refractivity (Wildman–Crippen MR) is 65.0 cm³/mol. The van der Waals surface area contributed by atoms with Crippen molar-refractivity contribution in [1.82, 2.24) is 9.78 Å². The van der Waals surface area contributed by atoms with Crippen molar-refractivity contribution in [3.8, 4) is 5.69 Å². The van der Waals surface area contributed by atoms with Crippen molar-refractivity contribution in [2.45, 2.75) is 6.92 Å². The van der Waals surface area contributed by atoms with Crippen molar-refractivity contribution in [2.24, 2.45) is 0 Å². The van der Waals surface area contributed by atoms with Crippen LogP contribution in [0, 0.1) is 6.92 Å². The highest BCUT2D eigenvalue weighted by Gasteiger charge is 2.17. The van der Waals surface area contributed by atoms with Crippen LogP contribution in [-0.2, 0) is 4.74 Å². The Morgan fingerprint density at radius 3 is 2.72 bits per heavy atom. The summed E-state index contributed by atoms with van der Waals surface area (Å²) in [6.07, 6.45) is 2.11. The smallest absolute Gasteiger partial charge is 0.359 e. The molecule has 0 radical (unpaired) electrons. The molecule has 1 aromatic carbocycles. The highest BCUT2D eigenvalue weighted by atomic mass is 16.5. The number of para-hydroxylation sites is 1. The van der Waals surface area contributed by atoms with Gasteiger partial charge in [-0.1, -0.05) is 18.2 Å². The molecule has 2 aromatic rings. The van der Waals surface area contributed by atoms with E-state index < -0.39 is 5.97 Å². The Hall–Kier alpha value is -2.43. The van der Waals surface area contributed by atoms with Crippen LogP contribution in [0.5, 0.6) is 0 Å². The number of esters is 1. The van der Waals surface area contributed by atoms with Gasteiger partial charge in [-0.25, -0.2) is 9.48 Å². The van der Waals surface area contributed by atoms with Crippen LogP contribution in [0.1, 0.15) is 26.4 Å². The highest BCUT2D eigenvalue weighted by Crippen LogP contribution is 2.15. The van der Waals surface area contributed by atoms with Gasteiger partial charge in [0, 0.05) is 6.20 Å². The number of aryl methyl sites for hydroxylation is 1. The molecular formula is C13H12N2O3. The van der Waals surface area contributed by atoms with E-state index in [1.165, 1.54) is 18.0 Å². The summed E-state index contributed by atoms with van der Waals surface area (Å²) in [5.74, 6) is -0.621. The molecule has 5 heteroatoms. The third kappa shape index (κ3) is 2.02.